The molecule has 9 rings (SSSR count). The van der Waals surface area contributed by atoms with Crippen molar-refractivity contribution in [1.82, 2.24) is 15.3 Å². The lowest BCUT2D eigenvalue weighted by Crippen LogP contribution is -2.52. The molecule has 6 fully saturated rings. The number of hydrogen-bond acceptors (Lipinski definition) is 8. The maximum absolute atomic E-state index is 14.7. The molecular formula is C41H52N4O5S. The van der Waals surface area contributed by atoms with Gasteiger partial charge in [-0.1, -0.05) is 12.1 Å². The molecule has 3 heterocycles. The quantitative estimate of drug-likeness (QED) is 0.225. The van der Waals surface area contributed by atoms with E-state index in [0.29, 0.717) is 51.4 Å². The summed E-state index contributed by atoms with van der Waals surface area (Å²) in [6, 6.07) is 11.0. The van der Waals surface area contributed by atoms with Crippen molar-refractivity contribution in [2.24, 2.45) is 11.3 Å². The lowest BCUT2D eigenvalue weighted by Gasteiger charge is -2.55. The monoisotopic (exact) mass is 712 g/mol. The third-order valence-electron chi connectivity index (χ3n) is 12.8. The van der Waals surface area contributed by atoms with E-state index in [0.717, 1.165) is 73.4 Å². The number of rotatable bonds is 10. The number of aryl methyl sites for hydroxylation is 1. The van der Waals surface area contributed by atoms with E-state index in [4.69, 9.17) is 24.2 Å². The first-order chi connectivity index (χ1) is 24.8. The van der Waals surface area contributed by atoms with Crippen LogP contribution in [0.3, 0.4) is 0 Å². The number of carbonyl (C=O) groups excluding carboxylic acids is 2. The summed E-state index contributed by atoms with van der Waals surface area (Å²) in [7, 11) is 1.74. The van der Waals surface area contributed by atoms with E-state index in [1.807, 2.05) is 17.3 Å². The fourth-order valence-electron chi connectivity index (χ4n) is 9.25. The van der Waals surface area contributed by atoms with E-state index in [-0.39, 0.29) is 40.9 Å². The summed E-state index contributed by atoms with van der Waals surface area (Å²) in [6.45, 7) is 4.17. The number of pyridine rings is 1. The Morgan fingerprint density at radius 1 is 0.941 bits per heavy atom. The average molecular weight is 713 g/mol. The number of aromatic nitrogens is 2. The molecule has 9 nitrogen and oxygen atoms in total. The zero-order valence-corrected chi connectivity index (χ0v) is 31.0. The molecule has 0 atom stereocenters. The van der Waals surface area contributed by atoms with Gasteiger partial charge in [0.25, 0.3) is 0 Å². The number of nitrogens with zero attached hydrogens (tertiary/aromatic N) is 3. The van der Waals surface area contributed by atoms with Gasteiger partial charge in [0.05, 0.1) is 17.0 Å². The predicted octanol–water partition coefficient (Wildman–Crippen LogP) is 8.49. The first-order valence-electron chi connectivity index (χ1n) is 19.3. The number of thiazole rings is 1. The lowest BCUT2D eigenvalue weighted by atomic mass is 9.51. The maximum atomic E-state index is 14.7. The number of fused-ring (bicyclic) bond motifs is 3. The molecule has 0 unspecified atom stereocenters. The maximum Gasteiger partial charge on any atom is 0.407 e. The van der Waals surface area contributed by atoms with E-state index in [1.54, 1.807) is 18.4 Å². The number of carbonyl (C=O) groups is 2. The molecule has 1 N–H and O–H groups in total. The fraction of sp³-hybridized carbons (Fsp3) is 0.610. The van der Waals surface area contributed by atoms with Crippen LogP contribution in [-0.4, -0.2) is 61.0 Å². The van der Waals surface area contributed by atoms with E-state index in [9.17, 15) is 9.59 Å². The molecule has 5 aliphatic carbocycles. The number of hydrogen-bond donors (Lipinski definition) is 1. The summed E-state index contributed by atoms with van der Waals surface area (Å²) in [5.41, 5.74) is 3.98. The van der Waals surface area contributed by atoms with Crippen LogP contribution < -0.4 is 15.0 Å². The Balaban J connectivity index is 0.983. The van der Waals surface area contributed by atoms with Crippen LogP contribution in [0.1, 0.15) is 112 Å². The topological polar surface area (TPSA) is 103 Å². The number of nitrogens with one attached hydrogen (secondary N) is 1. The Labute approximate surface area is 305 Å². The van der Waals surface area contributed by atoms with Gasteiger partial charge in [0, 0.05) is 50.0 Å². The molecular weight excluding hydrogens is 661 g/mol. The smallest absolute Gasteiger partial charge is 0.407 e. The van der Waals surface area contributed by atoms with Gasteiger partial charge in [-0.15, -0.1) is 11.3 Å². The highest BCUT2D eigenvalue weighted by atomic mass is 32.1. The molecule has 272 valence electrons. The summed E-state index contributed by atoms with van der Waals surface area (Å²) in [5.74, 6) is 2.34. The minimum absolute atomic E-state index is 0.0722. The molecule has 1 aliphatic heterocycles. The van der Waals surface area contributed by atoms with Crippen LogP contribution in [0.15, 0.2) is 42.7 Å². The van der Waals surface area contributed by atoms with Crippen LogP contribution in [0.25, 0.3) is 10.4 Å². The van der Waals surface area contributed by atoms with Crippen molar-refractivity contribution in [2.75, 3.05) is 31.8 Å². The second-order valence-electron chi connectivity index (χ2n) is 16.0. The molecule has 3 aromatic rings. The van der Waals surface area contributed by atoms with Crippen LogP contribution in [0, 0.1) is 18.3 Å². The average Bonchev–Trinajstić information content (AvgIpc) is 3.90. The number of methoxy groups -OCH3 is 1. The van der Waals surface area contributed by atoms with Crippen molar-refractivity contribution in [2.45, 2.75) is 120 Å². The summed E-state index contributed by atoms with van der Waals surface area (Å²) < 4.78 is 16.8. The molecule has 2 aromatic heterocycles. The molecule has 2 bridgehead atoms. The van der Waals surface area contributed by atoms with E-state index in [2.05, 4.69) is 42.6 Å². The third-order valence-corrected chi connectivity index (χ3v) is 14.0. The predicted molar refractivity (Wildman–Crippen MR) is 198 cm³/mol. The van der Waals surface area contributed by atoms with Crippen LogP contribution in [0.4, 0.5) is 10.6 Å². The zero-order chi connectivity index (χ0) is 35.0. The van der Waals surface area contributed by atoms with E-state index < -0.39 is 0 Å². The molecule has 0 radical (unpaired) electrons. The molecule has 51 heavy (non-hydrogen) atoms. The highest BCUT2D eigenvalue weighted by molar-refractivity contribution is 7.15. The summed E-state index contributed by atoms with van der Waals surface area (Å²) in [6.07, 6.45) is 16.9. The van der Waals surface area contributed by atoms with Gasteiger partial charge in [-0.25, -0.2) is 14.8 Å². The number of ether oxygens (including phenoxy) is 3. The minimum atomic E-state index is -0.346. The standard InChI is InChI=1S/C41H52N4O5S/c1-27-23-31(7-10-34(27)48-2)41-17-14-40(15-18-41,16-19-41)26-45(36-24-30(11-20-42-36)35-25-43-37(51-35)28-3-4-28)38(46)29-5-8-33(9-6-29)50-39(47)44-32-12-21-49-22-13-32/h7,10-11,20,23-25,28-29,32-33H,3-6,8-9,12-19,21-22,26H2,1-2H3,(H,44,47). The van der Waals surface area contributed by atoms with Crippen molar-refractivity contribution >= 4 is 29.2 Å². The number of amides is 2. The van der Waals surface area contributed by atoms with Gasteiger partial charge in [0.1, 0.15) is 17.7 Å². The largest absolute Gasteiger partial charge is 0.496 e. The molecule has 5 saturated carbocycles. The van der Waals surface area contributed by atoms with E-state index >= 15 is 0 Å². The second-order valence-corrected chi connectivity index (χ2v) is 17.1. The third kappa shape index (κ3) is 7.41. The van der Waals surface area contributed by atoms with Crippen molar-refractivity contribution < 1.29 is 23.8 Å². The molecule has 6 aliphatic rings. The highest BCUT2D eigenvalue weighted by Gasteiger charge is 2.51. The Hall–Kier alpha value is -3.50. The Morgan fingerprint density at radius 2 is 1.69 bits per heavy atom. The molecule has 1 aromatic carbocycles. The zero-order valence-electron chi connectivity index (χ0n) is 30.2. The van der Waals surface area contributed by atoms with E-state index in [1.165, 1.54) is 29.0 Å². The van der Waals surface area contributed by atoms with Crippen molar-refractivity contribution in [3.63, 3.8) is 0 Å². The van der Waals surface area contributed by atoms with Crippen molar-refractivity contribution in [3.8, 4) is 16.2 Å². The Morgan fingerprint density at radius 3 is 2.37 bits per heavy atom. The molecule has 2 amide bonds. The SMILES string of the molecule is COc1ccc(C23CCC(CN(C(=O)C4CCC(OC(=O)NC5CCOCC5)CC4)c4cc(-c5cnc(C6CC6)s5)ccn4)(CC2)CC3)cc1C. The molecule has 0 spiro atoms. The first-order valence-corrected chi connectivity index (χ1v) is 20.1. The minimum Gasteiger partial charge on any atom is -0.496 e. The van der Waals surface area contributed by atoms with Crippen LogP contribution >= 0.6 is 11.3 Å². The number of anilines is 1. The van der Waals surface area contributed by atoms with Gasteiger partial charge in [-0.2, -0.15) is 0 Å². The van der Waals surface area contributed by atoms with Gasteiger partial charge in [-0.05, 0) is 143 Å². The van der Waals surface area contributed by atoms with Crippen molar-refractivity contribution in [3.05, 3.63) is 58.9 Å². The second kappa shape index (κ2) is 14.5. The van der Waals surface area contributed by atoms with Gasteiger partial charge in [-0.3, -0.25) is 9.69 Å². The summed E-state index contributed by atoms with van der Waals surface area (Å²) in [5, 5.41) is 4.23. The summed E-state index contributed by atoms with van der Waals surface area (Å²) in [4.78, 5) is 40.1. The fourth-order valence-corrected chi connectivity index (χ4v) is 10.3. The van der Waals surface area contributed by atoms with Crippen LogP contribution in [-0.2, 0) is 19.7 Å². The van der Waals surface area contributed by atoms with Crippen molar-refractivity contribution in [1.29, 1.82) is 0 Å². The highest BCUT2D eigenvalue weighted by Crippen LogP contribution is 2.58. The van der Waals surface area contributed by atoms with Gasteiger partial charge in [0.15, 0.2) is 0 Å². The number of alkyl carbamates (subject to hydrolysis) is 1. The van der Waals surface area contributed by atoms with Crippen LogP contribution in [0.2, 0.25) is 0 Å². The first kappa shape index (κ1) is 34.6. The molecule has 1 saturated heterocycles. The van der Waals surface area contributed by atoms with Gasteiger partial charge in [0.2, 0.25) is 5.91 Å². The van der Waals surface area contributed by atoms with Gasteiger partial charge < -0.3 is 19.5 Å². The normalized spacial score (nSPS) is 27.9. The van der Waals surface area contributed by atoms with Crippen LogP contribution in [0.5, 0.6) is 5.75 Å². The lowest BCUT2D eigenvalue weighted by molar-refractivity contribution is -0.124. The Bertz CT molecular complexity index is 1700. The Kier molecular flexibility index (Phi) is 9.83. The van der Waals surface area contributed by atoms with Gasteiger partial charge >= 0.3 is 6.09 Å². The number of benzene rings is 1. The summed E-state index contributed by atoms with van der Waals surface area (Å²) >= 11 is 1.77. The molecule has 10 heteroatoms.